The highest BCUT2D eigenvalue weighted by atomic mass is 16.5. The molecule has 1 atom stereocenters. The van der Waals surface area contributed by atoms with E-state index in [9.17, 15) is 4.79 Å². The van der Waals surface area contributed by atoms with Crippen molar-refractivity contribution in [3.8, 4) is 5.75 Å². The second-order valence-corrected chi connectivity index (χ2v) is 4.11. The van der Waals surface area contributed by atoms with Crippen LogP contribution in [0.4, 0.5) is 5.69 Å². The van der Waals surface area contributed by atoms with Gasteiger partial charge in [0.05, 0.1) is 18.2 Å². The third-order valence-corrected chi connectivity index (χ3v) is 2.41. The Morgan fingerprint density at radius 2 is 2.06 bits per heavy atom. The first-order valence-corrected chi connectivity index (χ1v) is 5.20. The van der Waals surface area contributed by atoms with Crippen LogP contribution in [0.5, 0.6) is 5.75 Å². The minimum atomic E-state index is -0.372. The zero-order chi connectivity index (χ0) is 12.3. The van der Waals surface area contributed by atoms with Crippen molar-refractivity contribution in [2.75, 3.05) is 12.3 Å². The van der Waals surface area contributed by atoms with Crippen molar-refractivity contribution in [2.24, 2.45) is 11.7 Å². The van der Waals surface area contributed by atoms with Crippen LogP contribution in [0.2, 0.25) is 0 Å². The number of nitrogen functional groups attached to an aromatic ring is 1. The van der Waals surface area contributed by atoms with E-state index in [1.807, 2.05) is 26.0 Å². The fraction of sp³-hybridized carbons (Fsp3) is 0.417. The van der Waals surface area contributed by atoms with Gasteiger partial charge in [-0.1, -0.05) is 13.0 Å². The standard InChI is InChI=1S/C12H18N2O2/c1-7-4-8(2)11(10(13)5-7)16-6-9(3)12(14)15/h4-5,9H,6,13H2,1-3H3,(H2,14,15). The van der Waals surface area contributed by atoms with E-state index in [4.69, 9.17) is 16.2 Å². The van der Waals surface area contributed by atoms with Gasteiger partial charge in [0.15, 0.2) is 0 Å². The molecule has 0 aliphatic carbocycles. The van der Waals surface area contributed by atoms with Crippen LogP contribution in [-0.2, 0) is 4.79 Å². The number of aryl methyl sites for hydroxylation is 2. The zero-order valence-corrected chi connectivity index (χ0v) is 9.91. The van der Waals surface area contributed by atoms with Crippen LogP contribution in [0.1, 0.15) is 18.1 Å². The molecule has 1 unspecified atom stereocenters. The molecule has 0 saturated heterocycles. The lowest BCUT2D eigenvalue weighted by molar-refractivity contribution is -0.122. The van der Waals surface area contributed by atoms with Crippen LogP contribution in [-0.4, -0.2) is 12.5 Å². The first kappa shape index (κ1) is 12.4. The predicted molar refractivity (Wildman–Crippen MR) is 64.2 cm³/mol. The summed E-state index contributed by atoms with van der Waals surface area (Å²) in [6.45, 7) is 5.87. The Balaban J connectivity index is 2.78. The Hall–Kier alpha value is -1.71. The van der Waals surface area contributed by atoms with Crippen LogP contribution in [0.3, 0.4) is 0 Å². The number of benzene rings is 1. The van der Waals surface area contributed by atoms with Gasteiger partial charge >= 0.3 is 0 Å². The Labute approximate surface area is 95.6 Å². The van der Waals surface area contributed by atoms with Gasteiger partial charge in [-0.2, -0.15) is 0 Å². The van der Waals surface area contributed by atoms with Crippen LogP contribution in [0.25, 0.3) is 0 Å². The normalized spacial score (nSPS) is 12.2. The molecule has 0 bridgehead atoms. The SMILES string of the molecule is Cc1cc(C)c(OCC(C)C(N)=O)c(N)c1. The van der Waals surface area contributed by atoms with Crippen molar-refractivity contribution in [3.63, 3.8) is 0 Å². The molecule has 0 fully saturated rings. The fourth-order valence-corrected chi connectivity index (χ4v) is 1.47. The number of ether oxygens (including phenoxy) is 1. The maximum absolute atomic E-state index is 10.9. The molecule has 0 radical (unpaired) electrons. The third-order valence-electron chi connectivity index (χ3n) is 2.41. The molecule has 0 saturated carbocycles. The zero-order valence-electron chi connectivity index (χ0n) is 9.91. The first-order valence-electron chi connectivity index (χ1n) is 5.20. The van der Waals surface area contributed by atoms with Gasteiger partial charge < -0.3 is 16.2 Å². The number of carbonyl (C=O) groups is 1. The van der Waals surface area contributed by atoms with Crippen LogP contribution in [0, 0.1) is 19.8 Å². The number of nitrogens with two attached hydrogens (primary N) is 2. The highest BCUT2D eigenvalue weighted by Crippen LogP contribution is 2.27. The van der Waals surface area contributed by atoms with E-state index in [-0.39, 0.29) is 18.4 Å². The summed E-state index contributed by atoms with van der Waals surface area (Å²) in [5, 5.41) is 0. The fourth-order valence-electron chi connectivity index (χ4n) is 1.47. The monoisotopic (exact) mass is 222 g/mol. The minimum absolute atomic E-state index is 0.253. The second kappa shape index (κ2) is 4.88. The molecule has 1 aromatic carbocycles. The number of anilines is 1. The van der Waals surface area contributed by atoms with Gasteiger partial charge in [0.25, 0.3) is 0 Å². The summed E-state index contributed by atoms with van der Waals surface area (Å²) in [6.07, 6.45) is 0. The molecule has 0 spiro atoms. The average molecular weight is 222 g/mol. The molecule has 88 valence electrons. The molecule has 0 heterocycles. The van der Waals surface area contributed by atoms with Gasteiger partial charge in [0, 0.05) is 0 Å². The van der Waals surface area contributed by atoms with E-state index >= 15 is 0 Å². The highest BCUT2D eigenvalue weighted by Gasteiger charge is 2.12. The number of primary amides is 1. The Kier molecular flexibility index (Phi) is 3.77. The Morgan fingerprint density at radius 1 is 1.44 bits per heavy atom. The summed E-state index contributed by atoms with van der Waals surface area (Å²) in [5.41, 5.74) is 13.6. The molecule has 4 heteroatoms. The molecular formula is C12H18N2O2. The van der Waals surface area contributed by atoms with Gasteiger partial charge in [-0.05, 0) is 31.0 Å². The quantitative estimate of drug-likeness (QED) is 0.755. The molecule has 0 aromatic heterocycles. The van der Waals surface area contributed by atoms with Crippen molar-refractivity contribution in [1.29, 1.82) is 0 Å². The Morgan fingerprint density at radius 3 is 2.56 bits per heavy atom. The molecular weight excluding hydrogens is 204 g/mol. The van der Waals surface area contributed by atoms with Crippen molar-refractivity contribution >= 4 is 11.6 Å². The van der Waals surface area contributed by atoms with Crippen molar-refractivity contribution in [1.82, 2.24) is 0 Å². The first-order chi connectivity index (χ1) is 7.41. The summed E-state index contributed by atoms with van der Waals surface area (Å²) >= 11 is 0. The summed E-state index contributed by atoms with van der Waals surface area (Å²) in [4.78, 5) is 10.9. The van der Waals surface area contributed by atoms with E-state index in [0.29, 0.717) is 11.4 Å². The maximum atomic E-state index is 10.9. The minimum Gasteiger partial charge on any atom is -0.490 e. The summed E-state index contributed by atoms with van der Waals surface area (Å²) in [6, 6.07) is 3.83. The summed E-state index contributed by atoms with van der Waals surface area (Å²) < 4.78 is 5.52. The van der Waals surface area contributed by atoms with Crippen LogP contribution < -0.4 is 16.2 Å². The molecule has 1 amide bonds. The molecule has 1 rings (SSSR count). The van der Waals surface area contributed by atoms with Gasteiger partial charge in [-0.3, -0.25) is 4.79 Å². The molecule has 4 nitrogen and oxygen atoms in total. The smallest absolute Gasteiger partial charge is 0.223 e. The highest BCUT2D eigenvalue weighted by molar-refractivity contribution is 5.76. The van der Waals surface area contributed by atoms with Crippen LogP contribution >= 0.6 is 0 Å². The lowest BCUT2D eigenvalue weighted by Crippen LogP contribution is -2.26. The molecule has 1 aromatic rings. The number of rotatable bonds is 4. The van der Waals surface area contributed by atoms with E-state index in [1.54, 1.807) is 6.92 Å². The number of amides is 1. The number of hydrogen-bond donors (Lipinski definition) is 2. The predicted octanol–water partition coefficient (Wildman–Crippen LogP) is 1.39. The molecule has 0 aliphatic heterocycles. The number of hydrogen-bond acceptors (Lipinski definition) is 3. The van der Waals surface area contributed by atoms with Crippen molar-refractivity contribution in [2.45, 2.75) is 20.8 Å². The van der Waals surface area contributed by atoms with E-state index in [0.717, 1.165) is 11.1 Å². The lowest BCUT2D eigenvalue weighted by Gasteiger charge is -2.14. The van der Waals surface area contributed by atoms with E-state index in [1.165, 1.54) is 0 Å². The van der Waals surface area contributed by atoms with E-state index in [2.05, 4.69) is 0 Å². The molecule has 4 N–H and O–H groups in total. The Bertz CT molecular complexity index is 379. The third kappa shape index (κ3) is 2.89. The number of carbonyl (C=O) groups excluding carboxylic acids is 1. The maximum Gasteiger partial charge on any atom is 0.223 e. The van der Waals surface area contributed by atoms with Crippen molar-refractivity contribution < 1.29 is 9.53 Å². The summed E-state index contributed by atoms with van der Waals surface area (Å²) in [5.74, 6) is -0.0536. The van der Waals surface area contributed by atoms with Crippen LogP contribution in [0.15, 0.2) is 12.1 Å². The average Bonchev–Trinajstić information content (AvgIpc) is 2.15. The summed E-state index contributed by atoms with van der Waals surface area (Å²) in [7, 11) is 0. The lowest BCUT2D eigenvalue weighted by atomic mass is 10.1. The van der Waals surface area contributed by atoms with Gasteiger partial charge in [-0.25, -0.2) is 0 Å². The molecule has 0 aliphatic rings. The van der Waals surface area contributed by atoms with Crippen molar-refractivity contribution in [3.05, 3.63) is 23.3 Å². The van der Waals surface area contributed by atoms with Gasteiger partial charge in [0.2, 0.25) is 5.91 Å². The van der Waals surface area contributed by atoms with E-state index < -0.39 is 0 Å². The largest absolute Gasteiger partial charge is 0.490 e. The second-order valence-electron chi connectivity index (χ2n) is 4.11. The topological polar surface area (TPSA) is 78.3 Å². The molecule has 16 heavy (non-hydrogen) atoms. The van der Waals surface area contributed by atoms with Gasteiger partial charge in [-0.15, -0.1) is 0 Å². The van der Waals surface area contributed by atoms with Gasteiger partial charge in [0.1, 0.15) is 5.75 Å².